The van der Waals surface area contributed by atoms with Crippen LogP contribution in [0.3, 0.4) is 0 Å². The number of carbonyl (C=O) groups excluding carboxylic acids is 1. The highest BCUT2D eigenvalue weighted by atomic mass is 32.2. The number of benzene rings is 2. The van der Waals surface area contributed by atoms with Gasteiger partial charge in [0.25, 0.3) is 15.9 Å². The lowest BCUT2D eigenvalue weighted by Crippen LogP contribution is -2.31. The molecule has 0 aliphatic carbocycles. The Morgan fingerprint density at radius 1 is 0.905 bits per heavy atom. The molecule has 0 fully saturated rings. The Labute approximate surface area is 121 Å². The van der Waals surface area contributed by atoms with Gasteiger partial charge >= 0.3 is 5.97 Å². The van der Waals surface area contributed by atoms with Crippen molar-refractivity contribution in [3.63, 3.8) is 0 Å². The summed E-state index contributed by atoms with van der Waals surface area (Å²) >= 11 is 0. The average molecular weight is 305 g/mol. The Balaban J connectivity index is 2.36. The van der Waals surface area contributed by atoms with Crippen molar-refractivity contribution in [1.82, 2.24) is 4.72 Å². The molecule has 108 valence electrons. The zero-order valence-corrected chi connectivity index (χ0v) is 11.5. The molecule has 1 amide bonds. The molecule has 6 nitrogen and oxygen atoms in total. The van der Waals surface area contributed by atoms with Crippen LogP contribution in [0.5, 0.6) is 0 Å². The molecule has 0 saturated carbocycles. The van der Waals surface area contributed by atoms with Gasteiger partial charge in [0.05, 0.1) is 5.56 Å². The van der Waals surface area contributed by atoms with Crippen LogP contribution >= 0.6 is 0 Å². The molecule has 0 heterocycles. The second-order valence-corrected chi connectivity index (χ2v) is 5.75. The number of hydrogen-bond donors (Lipinski definition) is 2. The minimum atomic E-state index is -4.26. The number of carbonyl (C=O) groups is 2. The number of carboxylic acid groups (broad SMARTS) is 1. The molecule has 0 unspecified atom stereocenters. The van der Waals surface area contributed by atoms with E-state index in [0.29, 0.717) is 0 Å². The lowest BCUT2D eigenvalue weighted by molar-refractivity contribution is 0.0692. The van der Waals surface area contributed by atoms with E-state index in [1.54, 1.807) is 18.2 Å². The molecule has 2 rings (SSSR count). The fourth-order valence-electron chi connectivity index (χ4n) is 1.70. The van der Waals surface area contributed by atoms with Gasteiger partial charge in [0.2, 0.25) is 0 Å². The van der Waals surface area contributed by atoms with Crippen molar-refractivity contribution in [3.8, 4) is 0 Å². The first kappa shape index (κ1) is 14.7. The van der Waals surface area contributed by atoms with Gasteiger partial charge in [-0.1, -0.05) is 30.3 Å². The van der Waals surface area contributed by atoms with Gasteiger partial charge in [0, 0.05) is 5.56 Å². The number of carboxylic acids is 1. The molecule has 7 heteroatoms. The van der Waals surface area contributed by atoms with Gasteiger partial charge in [-0.2, -0.15) is 0 Å². The van der Waals surface area contributed by atoms with E-state index >= 15 is 0 Å². The molecule has 0 aromatic heterocycles. The van der Waals surface area contributed by atoms with Crippen molar-refractivity contribution in [2.24, 2.45) is 0 Å². The van der Waals surface area contributed by atoms with Crippen molar-refractivity contribution in [2.45, 2.75) is 4.90 Å². The molecule has 0 spiro atoms. The monoisotopic (exact) mass is 305 g/mol. The Morgan fingerprint density at radius 2 is 1.48 bits per heavy atom. The predicted octanol–water partition coefficient (Wildman–Crippen LogP) is 1.50. The first-order valence-electron chi connectivity index (χ1n) is 5.86. The maximum absolute atomic E-state index is 12.1. The second kappa shape index (κ2) is 5.76. The minimum Gasteiger partial charge on any atom is -0.478 e. The Kier molecular flexibility index (Phi) is 4.04. The highest BCUT2D eigenvalue weighted by Crippen LogP contribution is 2.15. The van der Waals surface area contributed by atoms with Crippen molar-refractivity contribution in [2.75, 3.05) is 0 Å². The van der Waals surface area contributed by atoms with Gasteiger partial charge in [-0.05, 0) is 24.3 Å². The Hall–Kier alpha value is -2.67. The number of rotatable bonds is 4. The summed E-state index contributed by atoms with van der Waals surface area (Å²) in [5.74, 6) is -2.21. The van der Waals surface area contributed by atoms with Crippen molar-refractivity contribution < 1.29 is 23.1 Å². The first-order valence-corrected chi connectivity index (χ1v) is 7.34. The zero-order chi connectivity index (χ0) is 15.5. The smallest absolute Gasteiger partial charge is 0.337 e. The lowest BCUT2D eigenvalue weighted by Gasteiger charge is -2.09. The van der Waals surface area contributed by atoms with Crippen LogP contribution in [-0.2, 0) is 10.0 Å². The van der Waals surface area contributed by atoms with Crippen LogP contribution in [0.2, 0.25) is 0 Å². The second-order valence-electron chi connectivity index (χ2n) is 4.10. The van der Waals surface area contributed by atoms with Crippen LogP contribution in [0.1, 0.15) is 20.7 Å². The number of aromatic carboxylic acids is 1. The molecular weight excluding hydrogens is 294 g/mol. The third-order valence-electron chi connectivity index (χ3n) is 2.67. The quantitative estimate of drug-likeness (QED) is 0.891. The average Bonchev–Trinajstić information content (AvgIpc) is 2.47. The third kappa shape index (κ3) is 3.26. The summed E-state index contributed by atoms with van der Waals surface area (Å²) < 4.78 is 26.1. The van der Waals surface area contributed by atoms with Gasteiger partial charge in [-0.15, -0.1) is 0 Å². The minimum absolute atomic E-state index is 0.161. The van der Waals surface area contributed by atoms with Gasteiger partial charge in [0.15, 0.2) is 0 Å². The van der Waals surface area contributed by atoms with E-state index in [1.807, 2.05) is 4.72 Å². The van der Waals surface area contributed by atoms with E-state index in [0.717, 1.165) is 12.1 Å². The fraction of sp³-hybridized carbons (Fsp3) is 0. The van der Waals surface area contributed by atoms with E-state index in [-0.39, 0.29) is 5.56 Å². The summed E-state index contributed by atoms with van der Waals surface area (Å²) in [6, 6.07) is 12.8. The highest BCUT2D eigenvalue weighted by molar-refractivity contribution is 7.90. The maximum Gasteiger partial charge on any atom is 0.337 e. The molecule has 0 bridgehead atoms. The molecule has 2 aromatic carbocycles. The van der Waals surface area contributed by atoms with Crippen molar-refractivity contribution in [1.29, 1.82) is 0 Å². The predicted molar refractivity (Wildman–Crippen MR) is 74.5 cm³/mol. The van der Waals surface area contributed by atoms with Crippen molar-refractivity contribution in [3.05, 3.63) is 65.7 Å². The van der Waals surface area contributed by atoms with Crippen LogP contribution < -0.4 is 4.72 Å². The number of hydrogen-bond acceptors (Lipinski definition) is 4. The van der Waals surface area contributed by atoms with Gasteiger partial charge < -0.3 is 5.11 Å². The molecule has 2 aromatic rings. The van der Waals surface area contributed by atoms with Crippen LogP contribution in [-0.4, -0.2) is 25.4 Å². The molecule has 0 aliphatic heterocycles. The summed E-state index contributed by atoms with van der Waals surface area (Å²) in [5.41, 5.74) is -0.236. The van der Waals surface area contributed by atoms with Crippen LogP contribution in [0.15, 0.2) is 59.5 Å². The Morgan fingerprint density at radius 3 is 2.10 bits per heavy atom. The number of nitrogens with one attached hydrogen (secondary N) is 1. The van der Waals surface area contributed by atoms with Crippen LogP contribution in [0.25, 0.3) is 0 Å². The van der Waals surface area contributed by atoms with Crippen molar-refractivity contribution >= 4 is 21.9 Å². The highest BCUT2D eigenvalue weighted by Gasteiger charge is 2.24. The largest absolute Gasteiger partial charge is 0.478 e. The van der Waals surface area contributed by atoms with Gasteiger partial charge in [-0.25, -0.2) is 17.9 Å². The normalized spacial score (nSPS) is 10.9. The standard InChI is InChI=1S/C14H11NO5S/c16-13(10-6-2-1-3-7-10)15-21(19,20)12-9-5-4-8-11(12)14(17)18/h1-9H,(H,15,16)(H,17,18). The zero-order valence-electron chi connectivity index (χ0n) is 10.7. The van der Waals surface area contributed by atoms with Crippen LogP contribution in [0, 0.1) is 0 Å². The topological polar surface area (TPSA) is 101 Å². The third-order valence-corrected chi connectivity index (χ3v) is 4.06. The first-order chi connectivity index (χ1) is 9.92. The Bertz CT molecular complexity index is 784. The summed E-state index contributed by atoms with van der Waals surface area (Å²) in [5, 5.41) is 9.00. The molecule has 0 saturated heterocycles. The maximum atomic E-state index is 12.1. The van der Waals surface area contributed by atoms with Crippen LogP contribution in [0.4, 0.5) is 0 Å². The molecule has 0 radical (unpaired) electrons. The molecule has 21 heavy (non-hydrogen) atoms. The SMILES string of the molecule is O=C(NS(=O)(=O)c1ccccc1C(=O)O)c1ccccc1. The lowest BCUT2D eigenvalue weighted by atomic mass is 10.2. The number of amides is 1. The summed E-state index contributed by atoms with van der Waals surface area (Å²) in [6.07, 6.45) is 0. The van der Waals surface area contributed by atoms with E-state index in [9.17, 15) is 18.0 Å². The van der Waals surface area contributed by atoms with Gasteiger partial charge in [0.1, 0.15) is 4.90 Å². The summed E-state index contributed by atoms with van der Waals surface area (Å²) in [6.45, 7) is 0. The summed E-state index contributed by atoms with van der Waals surface area (Å²) in [4.78, 5) is 22.5. The van der Waals surface area contributed by atoms with E-state index in [2.05, 4.69) is 0 Å². The van der Waals surface area contributed by atoms with E-state index in [1.165, 1.54) is 24.3 Å². The van der Waals surface area contributed by atoms with E-state index in [4.69, 9.17) is 5.11 Å². The summed E-state index contributed by atoms with van der Waals surface area (Å²) in [7, 11) is -4.26. The van der Waals surface area contributed by atoms with E-state index < -0.39 is 32.4 Å². The van der Waals surface area contributed by atoms with Gasteiger partial charge in [-0.3, -0.25) is 4.79 Å². The molecule has 2 N–H and O–H groups in total. The fourth-order valence-corrected chi connectivity index (χ4v) is 2.88. The molecular formula is C14H11NO5S. The molecule has 0 aliphatic rings. The molecule has 0 atom stereocenters. The number of sulfonamides is 1.